The number of benzene rings is 3. The van der Waals surface area contributed by atoms with Gasteiger partial charge in [0, 0.05) is 25.0 Å². The molecule has 1 fully saturated rings. The van der Waals surface area contributed by atoms with Crippen LogP contribution in [-0.4, -0.2) is 37.0 Å². The van der Waals surface area contributed by atoms with E-state index in [2.05, 4.69) is 35.2 Å². The summed E-state index contributed by atoms with van der Waals surface area (Å²) in [5.41, 5.74) is 2.20. The van der Waals surface area contributed by atoms with Crippen molar-refractivity contribution in [2.45, 2.75) is 19.5 Å². The van der Waals surface area contributed by atoms with Crippen LogP contribution in [0.3, 0.4) is 0 Å². The summed E-state index contributed by atoms with van der Waals surface area (Å²) in [5, 5.41) is 2.29. The van der Waals surface area contributed by atoms with Crippen molar-refractivity contribution in [2.75, 3.05) is 25.1 Å². The molecule has 1 heterocycles. The Balaban J connectivity index is 1.54. The quantitative estimate of drug-likeness (QED) is 0.703. The van der Waals surface area contributed by atoms with E-state index in [-0.39, 0.29) is 11.9 Å². The Kier molecular flexibility index (Phi) is 4.82. The van der Waals surface area contributed by atoms with Gasteiger partial charge in [0.25, 0.3) is 0 Å². The van der Waals surface area contributed by atoms with E-state index in [9.17, 15) is 4.79 Å². The largest absolute Gasteiger partial charge is 0.497 e. The van der Waals surface area contributed by atoms with Crippen LogP contribution < -0.4 is 9.64 Å². The van der Waals surface area contributed by atoms with Gasteiger partial charge in [0.1, 0.15) is 5.75 Å². The Bertz CT molecular complexity index is 947. The first-order valence-corrected chi connectivity index (χ1v) is 9.33. The van der Waals surface area contributed by atoms with E-state index in [1.54, 1.807) is 7.11 Å². The minimum atomic E-state index is -0.153. The molecule has 0 unspecified atom stereocenters. The number of ether oxygens (including phenoxy) is 1. The molecule has 0 bridgehead atoms. The maximum atomic E-state index is 13.1. The minimum Gasteiger partial charge on any atom is -0.497 e. The SMILES string of the molecule is COc1ccc(CN2CCN(c3cccc4ccccc34)C(=O)[C@@H]2C)cc1. The van der Waals surface area contributed by atoms with E-state index < -0.39 is 0 Å². The summed E-state index contributed by atoms with van der Waals surface area (Å²) in [7, 11) is 1.67. The molecule has 0 spiro atoms. The molecule has 27 heavy (non-hydrogen) atoms. The second-order valence-corrected chi connectivity index (χ2v) is 6.98. The molecule has 0 radical (unpaired) electrons. The molecule has 1 amide bonds. The standard InChI is InChI=1S/C23H24N2O2/c1-17-23(26)25(22-9-5-7-19-6-3-4-8-21(19)22)15-14-24(17)16-18-10-12-20(27-2)13-11-18/h3-13,17H,14-16H2,1-2H3/t17-/m0/s1. The van der Waals surface area contributed by atoms with Gasteiger partial charge >= 0.3 is 0 Å². The molecule has 138 valence electrons. The number of carbonyl (C=O) groups is 1. The normalized spacial score (nSPS) is 18.1. The molecule has 3 aromatic carbocycles. The molecule has 0 aromatic heterocycles. The molecule has 0 N–H and O–H groups in total. The molecule has 1 saturated heterocycles. The first kappa shape index (κ1) is 17.6. The molecule has 0 saturated carbocycles. The van der Waals surface area contributed by atoms with Crippen molar-refractivity contribution in [3.8, 4) is 5.75 Å². The third-order valence-corrected chi connectivity index (χ3v) is 5.38. The molecule has 1 aliphatic heterocycles. The zero-order chi connectivity index (χ0) is 18.8. The Hall–Kier alpha value is -2.85. The minimum absolute atomic E-state index is 0.153. The Labute approximate surface area is 160 Å². The molecule has 3 aromatic rings. The van der Waals surface area contributed by atoms with E-state index in [1.807, 2.05) is 48.2 Å². The molecule has 1 atom stereocenters. The van der Waals surface area contributed by atoms with Crippen molar-refractivity contribution in [3.05, 3.63) is 72.3 Å². The van der Waals surface area contributed by atoms with Crippen molar-refractivity contribution < 1.29 is 9.53 Å². The Morgan fingerprint density at radius 3 is 2.48 bits per heavy atom. The van der Waals surface area contributed by atoms with Crippen LogP contribution in [0.4, 0.5) is 5.69 Å². The third-order valence-electron chi connectivity index (χ3n) is 5.38. The summed E-state index contributed by atoms with van der Waals surface area (Å²) in [6.07, 6.45) is 0. The van der Waals surface area contributed by atoms with Crippen LogP contribution in [0.1, 0.15) is 12.5 Å². The first-order valence-electron chi connectivity index (χ1n) is 9.33. The highest BCUT2D eigenvalue weighted by Gasteiger charge is 2.32. The number of anilines is 1. The summed E-state index contributed by atoms with van der Waals surface area (Å²) >= 11 is 0. The zero-order valence-corrected chi connectivity index (χ0v) is 15.8. The van der Waals surface area contributed by atoms with Gasteiger partial charge in [-0.15, -0.1) is 0 Å². The van der Waals surface area contributed by atoms with E-state index in [1.165, 1.54) is 5.56 Å². The van der Waals surface area contributed by atoms with Crippen LogP contribution in [0, 0.1) is 0 Å². The van der Waals surface area contributed by atoms with Crippen LogP contribution in [0.5, 0.6) is 5.75 Å². The highest BCUT2D eigenvalue weighted by Crippen LogP contribution is 2.29. The molecule has 4 heteroatoms. The fourth-order valence-electron chi connectivity index (χ4n) is 3.78. The van der Waals surface area contributed by atoms with Crippen LogP contribution in [-0.2, 0) is 11.3 Å². The molecule has 4 nitrogen and oxygen atoms in total. The lowest BCUT2D eigenvalue weighted by molar-refractivity contribution is -0.125. The van der Waals surface area contributed by atoms with Crippen molar-refractivity contribution in [1.82, 2.24) is 4.90 Å². The average molecular weight is 360 g/mol. The van der Waals surface area contributed by atoms with Crippen molar-refractivity contribution in [1.29, 1.82) is 0 Å². The van der Waals surface area contributed by atoms with E-state index in [0.29, 0.717) is 6.54 Å². The maximum Gasteiger partial charge on any atom is 0.244 e. The van der Waals surface area contributed by atoms with Gasteiger partial charge < -0.3 is 9.64 Å². The summed E-state index contributed by atoms with van der Waals surface area (Å²) in [6, 6.07) is 22.3. The second kappa shape index (κ2) is 7.41. The van der Waals surface area contributed by atoms with Gasteiger partial charge in [-0.3, -0.25) is 9.69 Å². The van der Waals surface area contributed by atoms with Gasteiger partial charge in [-0.1, -0.05) is 48.5 Å². The fraction of sp³-hybridized carbons (Fsp3) is 0.261. The number of hydrogen-bond donors (Lipinski definition) is 0. The highest BCUT2D eigenvalue weighted by molar-refractivity contribution is 6.05. The number of nitrogens with zero attached hydrogens (tertiary/aromatic N) is 2. The van der Waals surface area contributed by atoms with Crippen molar-refractivity contribution >= 4 is 22.4 Å². The smallest absolute Gasteiger partial charge is 0.244 e. The summed E-state index contributed by atoms with van der Waals surface area (Å²) < 4.78 is 5.22. The van der Waals surface area contributed by atoms with E-state index >= 15 is 0 Å². The van der Waals surface area contributed by atoms with Gasteiger partial charge in [0.2, 0.25) is 5.91 Å². The second-order valence-electron chi connectivity index (χ2n) is 6.98. The molecular formula is C23H24N2O2. The van der Waals surface area contributed by atoms with Crippen LogP contribution in [0.25, 0.3) is 10.8 Å². The summed E-state index contributed by atoms with van der Waals surface area (Å²) in [5.74, 6) is 1.01. The lowest BCUT2D eigenvalue weighted by atomic mass is 10.1. The van der Waals surface area contributed by atoms with Gasteiger partial charge in [0.15, 0.2) is 0 Å². The number of piperazine rings is 1. The maximum absolute atomic E-state index is 13.1. The Morgan fingerprint density at radius 2 is 1.70 bits per heavy atom. The predicted molar refractivity (Wildman–Crippen MR) is 109 cm³/mol. The highest BCUT2D eigenvalue weighted by atomic mass is 16.5. The average Bonchev–Trinajstić information content (AvgIpc) is 2.72. The molecule has 1 aliphatic rings. The lowest BCUT2D eigenvalue weighted by Gasteiger charge is -2.39. The summed E-state index contributed by atoms with van der Waals surface area (Å²) in [4.78, 5) is 17.3. The number of fused-ring (bicyclic) bond motifs is 1. The van der Waals surface area contributed by atoms with Gasteiger partial charge in [-0.2, -0.15) is 0 Å². The lowest BCUT2D eigenvalue weighted by Crippen LogP contribution is -2.55. The van der Waals surface area contributed by atoms with Crippen LogP contribution >= 0.6 is 0 Å². The van der Waals surface area contributed by atoms with Crippen LogP contribution in [0.15, 0.2) is 66.7 Å². The predicted octanol–water partition coefficient (Wildman–Crippen LogP) is 4.09. The van der Waals surface area contributed by atoms with Gasteiger partial charge in [-0.05, 0) is 36.1 Å². The number of rotatable bonds is 4. The number of amides is 1. The zero-order valence-electron chi connectivity index (χ0n) is 15.8. The van der Waals surface area contributed by atoms with Gasteiger partial charge in [-0.25, -0.2) is 0 Å². The van der Waals surface area contributed by atoms with Crippen LogP contribution in [0.2, 0.25) is 0 Å². The first-order chi connectivity index (χ1) is 13.2. The molecular weight excluding hydrogens is 336 g/mol. The number of methoxy groups -OCH3 is 1. The number of hydrogen-bond acceptors (Lipinski definition) is 3. The fourth-order valence-corrected chi connectivity index (χ4v) is 3.78. The molecule has 4 rings (SSSR count). The molecule has 0 aliphatic carbocycles. The topological polar surface area (TPSA) is 32.8 Å². The Morgan fingerprint density at radius 1 is 0.963 bits per heavy atom. The van der Waals surface area contributed by atoms with Gasteiger partial charge in [0.05, 0.1) is 18.8 Å². The third kappa shape index (κ3) is 3.40. The van der Waals surface area contributed by atoms with E-state index in [4.69, 9.17) is 4.74 Å². The summed E-state index contributed by atoms with van der Waals surface area (Å²) in [6.45, 7) is 4.32. The monoisotopic (exact) mass is 360 g/mol. The van der Waals surface area contributed by atoms with Crippen molar-refractivity contribution in [2.24, 2.45) is 0 Å². The number of carbonyl (C=O) groups excluding carboxylic acids is 1. The van der Waals surface area contributed by atoms with Crippen molar-refractivity contribution in [3.63, 3.8) is 0 Å². The van der Waals surface area contributed by atoms with E-state index in [0.717, 1.165) is 35.3 Å².